The summed E-state index contributed by atoms with van der Waals surface area (Å²) >= 11 is -1.90. The Labute approximate surface area is 193 Å². The number of allylic oxidation sites excluding steroid dienone is 1. The van der Waals surface area contributed by atoms with Gasteiger partial charge in [-0.05, 0) is 35.6 Å². The van der Waals surface area contributed by atoms with Crippen molar-refractivity contribution in [1.82, 2.24) is 4.57 Å². The predicted molar refractivity (Wildman–Crippen MR) is 116 cm³/mol. The summed E-state index contributed by atoms with van der Waals surface area (Å²) in [4.78, 5) is 13.4. The molecule has 3 atom stereocenters. The van der Waals surface area contributed by atoms with E-state index in [1.54, 1.807) is 30.3 Å². The topological polar surface area (TPSA) is 92.6 Å². The molecule has 0 fully saturated rings. The molecule has 1 N–H and O–H groups in total. The van der Waals surface area contributed by atoms with Gasteiger partial charge in [0.05, 0.1) is 0 Å². The molecule has 0 aliphatic carbocycles. The summed E-state index contributed by atoms with van der Waals surface area (Å²) in [7, 11) is 0. The number of para-hydroxylation sites is 1. The monoisotopic (exact) mass is 499 g/mol. The highest BCUT2D eigenvalue weighted by atomic mass is 32.2. The zero-order valence-corrected chi connectivity index (χ0v) is 18.6. The third-order valence-electron chi connectivity index (χ3n) is 6.06. The molecule has 3 aliphatic rings. The van der Waals surface area contributed by atoms with E-state index in [4.69, 9.17) is 9.47 Å². The number of hydrogen-bond donors (Lipinski definition) is 1. The van der Waals surface area contributed by atoms with Gasteiger partial charge in [0.1, 0.15) is 10.00 Å². The second kappa shape index (κ2) is 8.10. The van der Waals surface area contributed by atoms with Crippen molar-refractivity contribution in [2.24, 2.45) is 0 Å². The van der Waals surface area contributed by atoms with Gasteiger partial charge < -0.3 is 23.9 Å². The highest BCUT2D eigenvalue weighted by Crippen LogP contribution is 2.48. The van der Waals surface area contributed by atoms with E-state index in [0.717, 1.165) is 11.8 Å². The van der Waals surface area contributed by atoms with E-state index in [1.807, 2.05) is 0 Å². The summed E-state index contributed by atoms with van der Waals surface area (Å²) in [5.74, 6) is 0.251. The third-order valence-corrected chi connectivity index (χ3v) is 8.62. The maximum Gasteiger partial charge on any atom is 0.401 e. The molecule has 2 aromatic rings. The predicted octanol–water partition coefficient (Wildman–Crippen LogP) is 3.47. The van der Waals surface area contributed by atoms with Crippen LogP contribution in [0.1, 0.15) is 24.1 Å². The van der Waals surface area contributed by atoms with E-state index in [-0.39, 0.29) is 49.9 Å². The molecule has 3 aliphatic heterocycles. The Kier molecular flexibility index (Phi) is 5.49. The van der Waals surface area contributed by atoms with Crippen LogP contribution in [-0.2, 0) is 22.4 Å². The molecule has 0 saturated carbocycles. The molecule has 176 valence electrons. The van der Waals surface area contributed by atoms with Crippen molar-refractivity contribution in [3.05, 3.63) is 62.9 Å². The maximum atomic E-state index is 13.0. The summed E-state index contributed by atoms with van der Waals surface area (Å²) in [6.07, 6.45) is -2.71. The Bertz CT molecular complexity index is 1230. The van der Waals surface area contributed by atoms with Crippen LogP contribution in [0.15, 0.2) is 46.1 Å². The minimum atomic E-state index is -4.28. The number of fused-ring (bicyclic) bond motifs is 2. The van der Waals surface area contributed by atoms with Crippen molar-refractivity contribution in [3.8, 4) is 11.5 Å². The Morgan fingerprint density at radius 2 is 2.09 bits per heavy atom. The molecule has 3 unspecified atom stereocenters. The van der Waals surface area contributed by atoms with Crippen molar-refractivity contribution in [3.63, 3.8) is 0 Å². The van der Waals surface area contributed by atoms with Gasteiger partial charge >= 0.3 is 6.18 Å². The van der Waals surface area contributed by atoms with Crippen LogP contribution in [0.25, 0.3) is 0 Å². The highest BCUT2D eigenvalue weighted by Gasteiger charge is 2.46. The van der Waals surface area contributed by atoms with Gasteiger partial charge in [-0.3, -0.25) is 9.00 Å². The second-order valence-electron chi connectivity index (χ2n) is 7.85. The van der Waals surface area contributed by atoms with Crippen LogP contribution in [0.3, 0.4) is 0 Å². The van der Waals surface area contributed by atoms with Crippen molar-refractivity contribution in [2.45, 2.75) is 35.6 Å². The number of anilines is 1. The number of nitrogens with one attached hydrogen (secondary N) is 1. The van der Waals surface area contributed by atoms with Gasteiger partial charge in [0.2, 0.25) is 12.5 Å². The summed E-state index contributed by atoms with van der Waals surface area (Å²) in [6, 6.07) is 8.25. The molecular formula is C21H18F3N2O5S2-. The average Bonchev–Trinajstić information content (AvgIpc) is 3.51. The number of nitrogens with zero attached hydrogens (tertiary/aromatic N) is 1. The number of pyridine rings is 1. The van der Waals surface area contributed by atoms with Gasteiger partial charge in [0.15, 0.2) is 5.75 Å². The van der Waals surface area contributed by atoms with E-state index in [0.29, 0.717) is 16.2 Å². The van der Waals surface area contributed by atoms with E-state index < -0.39 is 32.8 Å². The number of hydrogen-bond acceptors (Lipinski definition) is 7. The van der Waals surface area contributed by atoms with E-state index in [1.165, 1.54) is 10.6 Å². The van der Waals surface area contributed by atoms with Crippen LogP contribution < -0.4 is 20.3 Å². The smallest absolute Gasteiger partial charge is 0.401 e. The molecule has 0 amide bonds. The number of alkyl halides is 3. The lowest BCUT2D eigenvalue weighted by Gasteiger charge is -2.34. The molecule has 0 radical (unpaired) electrons. The van der Waals surface area contributed by atoms with Crippen molar-refractivity contribution in [1.29, 1.82) is 0 Å². The Morgan fingerprint density at radius 3 is 2.82 bits per heavy atom. The minimum absolute atomic E-state index is 0.0575. The van der Waals surface area contributed by atoms with Gasteiger partial charge in [-0.1, -0.05) is 24.3 Å². The first kappa shape index (κ1) is 22.4. The first-order valence-corrected chi connectivity index (χ1v) is 12.1. The van der Waals surface area contributed by atoms with Gasteiger partial charge in [0.25, 0.3) is 5.56 Å². The van der Waals surface area contributed by atoms with Crippen LogP contribution in [0.5, 0.6) is 11.5 Å². The lowest BCUT2D eigenvalue weighted by molar-refractivity contribution is -0.127. The molecule has 12 heteroatoms. The first-order valence-electron chi connectivity index (χ1n) is 10.1. The van der Waals surface area contributed by atoms with Gasteiger partial charge in [-0.2, -0.15) is 13.2 Å². The largest absolute Gasteiger partial charge is 0.771 e. The number of halogens is 3. The van der Waals surface area contributed by atoms with Crippen molar-refractivity contribution in [2.75, 3.05) is 18.7 Å². The number of rotatable bonds is 5. The zero-order chi connectivity index (χ0) is 23.4. The van der Waals surface area contributed by atoms with Gasteiger partial charge in [-0.25, -0.2) is 0 Å². The molecule has 0 saturated heterocycles. The second-order valence-corrected chi connectivity index (χ2v) is 10.3. The Morgan fingerprint density at radius 1 is 1.30 bits per heavy atom. The number of ether oxygens (including phenoxy) is 2. The first-order chi connectivity index (χ1) is 15.7. The van der Waals surface area contributed by atoms with Crippen LogP contribution in [0.4, 0.5) is 18.9 Å². The van der Waals surface area contributed by atoms with Crippen molar-refractivity contribution >= 4 is 28.5 Å². The number of aromatic nitrogens is 1. The minimum Gasteiger partial charge on any atom is -0.771 e. The van der Waals surface area contributed by atoms with Crippen LogP contribution in [-0.4, -0.2) is 38.1 Å². The molecule has 7 nitrogen and oxygen atoms in total. The molecular weight excluding hydrogens is 481 g/mol. The summed E-state index contributed by atoms with van der Waals surface area (Å²) in [5.41, 5.74) is 0.699. The number of thioether (sulfide) groups is 1. The molecule has 33 heavy (non-hydrogen) atoms. The third kappa shape index (κ3) is 3.64. The van der Waals surface area contributed by atoms with Crippen LogP contribution in [0, 0.1) is 0 Å². The molecule has 1 aromatic heterocycles. The van der Waals surface area contributed by atoms with E-state index in [2.05, 4.69) is 5.32 Å². The zero-order valence-electron chi connectivity index (χ0n) is 17.0. The molecule has 1 aromatic carbocycles. The fourth-order valence-electron chi connectivity index (χ4n) is 4.49. The van der Waals surface area contributed by atoms with E-state index in [9.17, 15) is 26.7 Å². The van der Waals surface area contributed by atoms with Crippen LogP contribution in [0.2, 0.25) is 0 Å². The van der Waals surface area contributed by atoms with Crippen LogP contribution >= 0.6 is 11.8 Å². The fourth-order valence-corrected chi connectivity index (χ4v) is 6.48. The standard InChI is InChI=1S/C21H19F3N2O5S2/c22-21(23,24)17-6-5-12(32-17)10-25-14-4-2-1-3-13(14)20(33(28)29)7-8-26-16(20)9-15-18(19(26)27)31-11-30-15/h1-5,9,17,25H,6-8,10-11H2,(H,28,29)/p-1. The number of benzene rings is 1. The quantitative estimate of drug-likeness (QED) is 0.630. The summed E-state index contributed by atoms with van der Waals surface area (Å²) in [5, 5.41) is 1.64. The Hall–Kier alpha value is -2.44. The lowest BCUT2D eigenvalue weighted by Crippen LogP contribution is -2.33. The summed E-state index contributed by atoms with van der Waals surface area (Å²) in [6.45, 7) is 0.177. The SMILES string of the molecule is O=c1c2c(cc3n1CCC3(c1ccccc1NCC1=CCC(C(F)(F)F)S1)S(=O)[O-])OCO2. The van der Waals surface area contributed by atoms with Gasteiger partial charge in [0, 0.05) is 35.4 Å². The molecule has 4 heterocycles. The molecule has 5 rings (SSSR count). The average molecular weight is 500 g/mol. The maximum absolute atomic E-state index is 13.0. The molecule has 0 spiro atoms. The summed E-state index contributed by atoms with van der Waals surface area (Å²) < 4.78 is 74.8. The molecule has 0 bridgehead atoms. The van der Waals surface area contributed by atoms with Crippen molar-refractivity contribution < 1.29 is 31.4 Å². The van der Waals surface area contributed by atoms with E-state index >= 15 is 0 Å². The lowest BCUT2D eigenvalue weighted by atomic mass is 9.91. The normalized spacial score (nSPS) is 24.5. The highest BCUT2D eigenvalue weighted by molar-refractivity contribution is 8.04. The fraction of sp³-hybridized carbons (Fsp3) is 0.381. The Balaban J connectivity index is 1.50. The van der Waals surface area contributed by atoms with Gasteiger partial charge in [-0.15, -0.1) is 11.8 Å².